The molecule has 1 aromatic rings. The number of nitrogens with zero attached hydrogens (tertiary/aromatic N) is 2. The van der Waals surface area contributed by atoms with Crippen LogP contribution in [0.1, 0.15) is 82.5 Å². The van der Waals surface area contributed by atoms with Gasteiger partial charge in [-0.15, -0.1) is 0 Å². The third kappa shape index (κ3) is 4.73. The summed E-state index contributed by atoms with van der Waals surface area (Å²) in [6.07, 6.45) is 13.2. The van der Waals surface area contributed by atoms with Crippen LogP contribution in [0.15, 0.2) is 40.4 Å². The van der Waals surface area contributed by atoms with Gasteiger partial charge in [0, 0.05) is 42.6 Å². The molecular weight excluding hydrogens is 560 g/mol. The molecule has 3 saturated carbocycles. The van der Waals surface area contributed by atoms with Gasteiger partial charge in [0.1, 0.15) is 0 Å². The van der Waals surface area contributed by atoms with Gasteiger partial charge in [0.15, 0.2) is 0 Å². The van der Waals surface area contributed by atoms with E-state index in [2.05, 4.69) is 59.4 Å². The number of carbonyl (C=O) groups excluding carboxylic acids is 2. The first-order chi connectivity index (χ1) is 18.0. The number of benzene rings is 1. The van der Waals surface area contributed by atoms with Gasteiger partial charge in [-0.2, -0.15) is 0 Å². The lowest BCUT2D eigenvalue weighted by Gasteiger charge is -2.58. The molecule has 6 heteroatoms. The van der Waals surface area contributed by atoms with Crippen molar-refractivity contribution in [1.82, 2.24) is 9.80 Å². The molecule has 0 bridgehead atoms. The molecule has 4 aliphatic carbocycles. The van der Waals surface area contributed by atoms with Gasteiger partial charge < -0.3 is 9.80 Å². The van der Waals surface area contributed by atoms with E-state index in [0.717, 1.165) is 52.6 Å². The Labute approximate surface area is 242 Å². The fourth-order valence-corrected chi connectivity index (χ4v) is 10.0. The molecule has 5 aliphatic rings. The molecule has 0 N–H and O–H groups in total. The van der Waals surface area contributed by atoms with E-state index in [-0.39, 0.29) is 11.1 Å². The van der Waals surface area contributed by atoms with Crippen LogP contribution in [0.2, 0.25) is 0 Å². The predicted molar refractivity (Wildman–Crippen MR) is 158 cm³/mol. The zero-order valence-electron chi connectivity index (χ0n) is 23.7. The number of hydrogen-bond donors (Lipinski definition) is 0. The molecule has 1 aliphatic heterocycles. The van der Waals surface area contributed by atoms with Crippen molar-refractivity contribution in [2.45, 2.75) is 84.2 Å². The quantitative estimate of drug-likeness (QED) is 0.259. The first kappa shape index (κ1) is 28.4. The topological polar surface area (TPSA) is 40.6 Å². The summed E-state index contributed by atoms with van der Waals surface area (Å²) in [5.41, 5.74) is 3.41. The van der Waals surface area contributed by atoms with Crippen molar-refractivity contribution in [2.24, 2.45) is 34.5 Å². The Kier molecular flexibility index (Phi) is 7.96. The smallest absolute Gasteiger partial charge is 0.253 e. The second-order valence-corrected chi connectivity index (χ2v) is 14.6. The van der Waals surface area contributed by atoms with Crippen molar-refractivity contribution < 1.29 is 9.59 Å². The van der Waals surface area contributed by atoms with Crippen molar-refractivity contribution in [2.75, 3.05) is 20.6 Å². The van der Waals surface area contributed by atoms with Crippen molar-refractivity contribution in [3.63, 3.8) is 0 Å². The van der Waals surface area contributed by atoms with E-state index in [1.54, 1.807) is 5.57 Å². The highest BCUT2D eigenvalue weighted by Crippen LogP contribution is 2.68. The van der Waals surface area contributed by atoms with E-state index in [0.29, 0.717) is 16.9 Å². The van der Waals surface area contributed by atoms with Gasteiger partial charge in [0.2, 0.25) is 5.24 Å². The molecule has 1 saturated heterocycles. The van der Waals surface area contributed by atoms with Crippen molar-refractivity contribution in [3.05, 3.63) is 46.0 Å². The third-order valence-corrected chi connectivity index (χ3v) is 12.2. The van der Waals surface area contributed by atoms with E-state index < -0.39 is 0 Å². The number of carbonyl (C=O) groups is 2. The Hall–Kier alpha value is -1.17. The summed E-state index contributed by atoms with van der Waals surface area (Å²) in [6, 6.07) is 8.90. The summed E-state index contributed by atoms with van der Waals surface area (Å²) < 4.78 is 1.02. The van der Waals surface area contributed by atoms with Gasteiger partial charge >= 0.3 is 0 Å². The molecule has 208 valence electrons. The lowest BCUT2D eigenvalue weighted by atomic mass is 9.47. The van der Waals surface area contributed by atoms with Crippen LogP contribution in [-0.4, -0.2) is 53.7 Å². The zero-order chi connectivity index (χ0) is 27.4. The number of fused-ring (bicyclic) bond motifs is 4. The summed E-state index contributed by atoms with van der Waals surface area (Å²) in [5, 5.41) is -0.361. The van der Waals surface area contributed by atoms with Crippen LogP contribution in [0.4, 0.5) is 0 Å². The van der Waals surface area contributed by atoms with Crippen LogP contribution < -0.4 is 0 Å². The van der Waals surface area contributed by atoms with Gasteiger partial charge in [-0.25, -0.2) is 0 Å². The fraction of sp³-hybridized carbons (Fsp3) is 0.688. The Balaban J connectivity index is 0.000000689. The molecule has 0 aromatic heterocycles. The summed E-state index contributed by atoms with van der Waals surface area (Å²) in [4.78, 5) is 27.1. The lowest BCUT2D eigenvalue weighted by molar-refractivity contribution is -0.109. The van der Waals surface area contributed by atoms with Crippen LogP contribution in [0.25, 0.3) is 0 Å². The number of amides is 1. The molecule has 0 radical (unpaired) electrons. The Morgan fingerprint density at radius 1 is 1.05 bits per heavy atom. The first-order valence-electron chi connectivity index (χ1n) is 14.6. The first-order valence-corrected chi connectivity index (χ1v) is 15.7. The van der Waals surface area contributed by atoms with Crippen LogP contribution in [0.5, 0.6) is 0 Å². The summed E-state index contributed by atoms with van der Waals surface area (Å²) in [6.45, 7) is 7.71. The molecule has 1 heterocycles. The lowest BCUT2D eigenvalue weighted by Crippen LogP contribution is -2.53. The molecular formula is C32H44BrClN2O2. The molecule has 38 heavy (non-hydrogen) atoms. The molecule has 1 amide bonds. The van der Waals surface area contributed by atoms with Gasteiger partial charge in [0.05, 0.1) is 0 Å². The van der Waals surface area contributed by atoms with Gasteiger partial charge in [0.25, 0.3) is 5.91 Å². The van der Waals surface area contributed by atoms with Crippen LogP contribution in [-0.2, 0) is 4.79 Å². The Morgan fingerprint density at radius 2 is 1.71 bits per heavy atom. The van der Waals surface area contributed by atoms with Crippen molar-refractivity contribution in [1.29, 1.82) is 0 Å². The highest BCUT2D eigenvalue weighted by atomic mass is 79.9. The van der Waals surface area contributed by atoms with E-state index in [1.165, 1.54) is 52.0 Å². The molecule has 8 atom stereocenters. The zero-order valence-corrected chi connectivity index (χ0v) is 26.0. The summed E-state index contributed by atoms with van der Waals surface area (Å²) in [7, 11) is 4.39. The minimum Gasteiger partial charge on any atom is -0.338 e. The molecule has 8 unspecified atom stereocenters. The van der Waals surface area contributed by atoms with Crippen LogP contribution in [0.3, 0.4) is 0 Å². The minimum absolute atomic E-state index is 0.159. The highest BCUT2D eigenvalue weighted by Gasteiger charge is 2.64. The largest absolute Gasteiger partial charge is 0.338 e. The van der Waals surface area contributed by atoms with Crippen LogP contribution >= 0.6 is 27.5 Å². The number of hydrogen-bond acceptors (Lipinski definition) is 3. The Bertz CT molecular complexity index is 1100. The SMILES string of the molecule is CC(=O)Cl.CC1C2CCC3C4CC=C5CC(N(C)C(=O)c6ccc(Br)cc6)CCC5(C)C4CCC32CN1C. The predicted octanol–water partition coefficient (Wildman–Crippen LogP) is 7.55. The number of rotatable bonds is 2. The average Bonchev–Trinajstić information content (AvgIpc) is 3.36. The number of halogens is 2. The van der Waals surface area contributed by atoms with E-state index in [1.807, 2.05) is 36.2 Å². The van der Waals surface area contributed by atoms with Gasteiger partial charge in [-0.3, -0.25) is 9.59 Å². The second kappa shape index (κ2) is 10.7. The van der Waals surface area contributed by atoms with Gasteiger partial charge in [-0.1, -0.05) is 34.5 Å². The van der Waals surface area contributed by atoms with E-state index in [4.69, 9.17) is 0 Å². The molecule has 4 nitrogen and oxygen atoms in total. The fourth-order valence-electron chi connectivity index (χ4n) is 9.74. The van der Waals surface area contributed by atoms with E-state index >= 15 is 0 Å². The maximum absolute atomic E-state index is 13.2. The van der Waals surface area contributed by atoms with E-state index in [9.17, 15) is 9.59 Å². The maximum Gasteiger partial charge on any atom is 0.253 e. The summed E-state index contributed by atoms with van der Waals surface area (Å²) in [5.74, 6) is 3.74. The van der Waals surface area contributed by atoms with Gasteiger partial charge in [-0.05, 0) is 136 Å². The molecule has 6 rings (SSSR count). The number of likely N-dealkylation sites (tertiary alicyclic amines) is 1. The molecule has 1 spiro atoms. The monoisotopic (exact) mass is 602 g/mol. The summed E-state index contributed by atoms with van der Waals surface area (Å²) >= 11 is 8.12. The number of allylic oxidation sites excluding steroid dienone is 1. The second-order valence-electron chi connectivity index (χ2n) is 13.2. The highest BCUT2D eigenvalue weighted by molar-refractivity contribution is 9.10. The normalized spacial score (nSPS) is 39.5. The standard InChI is InChI=1S/C30H41BrN2O.C2H3ClO/c1-19-25-11-12-27-24-10-7-21-17-23(33(4)28(34)20-5-8-22(31)9-6-20)13-15-29(21,2)26(24)14-16-30(25,27)18-32(19)3;1-2(3)4/h5-9,19,23-27H,10-18H2,1-4H3;1H3. The maximum atomic E-state index is 13.2. The van der Waals surface area contributed by atoms with Crippen molar-refractivity contribution >= 4 is 38.7 Å². The van der Waals surface area contributed by atoms with Crippen LogP contribution in [0, 0.1) is 34.5 Å². The van der Waals surface area contributed by atoms with Crippen molar-refractivity contribution in [3.8, 4) is 0 Å². The minimum atomic E-state index is -0.361. The molecule has 1 aromatic carbocycles. The Morgan fingerprint density at radius 3 is 2.39 bits per heavy atom. The molecule has 4 fully saturated rings. The average molecular weight is 604 g/mol. The third-order valence-electron chi connectivity index (χ3n) is 11.6.